The van der Waals surface area contributed by atoms with Crippen LogP contribution in [0.3, 0.4) is 0 Å². The molecule has 4 heterocycles. The first-order chi connectivity index (χ1) is 10.3. The number of hydrogen-bond donors (Lipinski definition) is 0. The first-order valence-corrected chi connectivity index (χ1v) is 8.18. The highest BCUT2D eigenvalue weighted by Gasteiger charge is 2.25. The molecule has 1 unspecified atom stereocenters. The monoisotopic (exact) mass is 295 g/mol. The quantitative estimate of drug-likeness (QED) is 0.715. The first-order valence-electron chi connectivity index (χ1n) is 7.30. The molecule has 1 aliphatic heterocycles. The van der Waals surface area contributed by atoms with E-state index in [1.165, 1.54) is 27.9 Å². The maximum Gasteiger partial charge on any atom is 0.0905 e. The van der Waals surface area contributed by atoms with E-state index in [2.05, 4.69) is 45.4 Å². The minimum Gasteiger partial charge on any atom is -0.370 e. The van der Waals surface area contributed by atoms with E-state index in [-0.39, 0.29) is 0 Å². The van der Waals surface area contributed by atoms with E-state index in [1.807, 2.05) is 29.9 Å². The van der Waals surface area contributed by atoms with Crippen LogP contribution in [-0.2, 0) is 0 Å². The van der Waals surface area contributed by atoms with Crippen molar-refractivity contribution in [3.8, 4) is 0 Å². The lowest BCUT2D eigenvalue weighted by atomic mass is 10.0. The number of aromatic nitrogens is 2. The van der Waals surface area contributed by atoms with Crippen molar-refractivity contribution in [2.45, 2.75) is 19.3 Å². The van der Waals surface area contributed by atoms with Crippen molar-refractivity contribution in [2.24, 2.45) is 0 Å². The molecular formula is C17H17N3S. The Hall–Kier alpha value is -1.94. The van der Waals surface area contributed by atoms with Crippen LogP contribution < -0.4 is 4.90 Å². The molecule has 4 heteroatoms. The van der Waals surface area contributed by atoms with Crippen LogP contribution in [0.15, 0.2) is 42.2 Å². The van der Waals surface area contributed by atoms with E-state index in [0.29, 0.717) is 5.92 Å². The number of hydrogen-bond acceptors (Lipinski definition) is 4. The summed E-state index contributed by atoms with van der Waals surface area (Å²) in [4.78, 5) is 12.5. The molecule has 1 atom stereocenters. The van der Waals surface area contributed by atoms with Crippen LogP contribution in [0.2, 0.25) is 0 Å². The average molecular weight is 295 g/mol. The number of nitrogens with zero attached hydrogens (tertiary/aromatic N) is 3. The number of aryl methyl sites for hydroxylation is 1. The summed E-state index contributed by atoms with van der Waals surface area (Å²) < 4.78 is 0. The predicted molar refractivity (Wildman–Crippen MR) is 88.2 cm³/mol. The SMILES string of the molecule is Cc1cc(C2CCN(c3ccnc4cnccc34)C2)cs1. The zero-order valence-electron chi connectivity index (χ0n) is 12.0. The third-order valence-electron chi connectivity index (χ3n) is 4.27. The van der Waals surface area contributed by atoms with Crippen LogP contribution in [0.1, 0.15) is 22.8 Å². The molecule has 3 nitrogen and oxygen atoms in total. The predicted octanol–water partition coefficient (Wildman–Crippen LogP) is 3.99. The van der Waals surface area contributed by atoms with Gasteiger partial charge in [-0.2, -0.15) is 0 Å². The second-order valence-electron chi connectivity index (χ2n) is 5.65. The van der Waals surface area contributed by atoms with Gasteiger partial charge in [-0.15, -0.1) is 11.3 Å². The zero-order chi connectivity index (χ0) is 14.2. The third kappa shape index (κ3) is 2.29. The fourth-order valence-electron chi connectivity index (χ4n) is 3.19. The van der Waals surface area contributed by atoms with Gasteiger partial charge in [-0.1, -0.05) is 0 Å². The minimum absolute atomic E-state index is 0.653. The maximum atomic E-state index is 4.41. The molecule has 4 rings (SSSR count). The highest BCUT2D eigenvalue weighted by molar-refractivity contribution is 7.10. The summed E-state index contributed by atoms with van der Waals surface area (Å²) in [5.41, 5.74) is 3.77. The Balaban J connectivity index is 1.65. The number of thiophene rings is 1. The van der Waals surface area contributed by atoms with Gasteiger partial charge < -0.3 is 4.90 Å². The molecule has 1 aliphatic rings. The first kappa shape index (κ1) is 12.8. The van der Waals surface area contributed by atoms with E-state index in [0.717, 1.165) is 18.6 Å². The molecule has 3 aromatic heterocycles. The van der Waals surface area contributed by atoms with Gasteiger partial charge in [-0.25, -0.2) is 0 Å². The van der Waals surface area contributed by atoms with E-state index in [1.54, 1.807) is 0 Å². The molecular weight excluding hydrogens is 278 g/mol. The van der Waals surface area contributed by atoms with Crippen LogP contribution in [0.5, 0.6) is 0 Å². The van der Waals surface area contributed by atoms with Crippen molar-refractivity contribution in [3.05, 3.63) is 52.6 Å². The van der Waals surface area contributed by atoms with Gasteiger partial charge in [0.15, 0.2) is 0 Å². The Labute approximate surface area is 128 Å². The van der Waals surface area contributed by atoms with E-state index in [9.17, 15) is 0 Å². The summed E-state index contributed by atoms with van der Waals surface area (Å²) >= 11 is 1.85. The molecule has 0 N–H and O–H groups in total. The number of rotatable bonds is 2. The van der Waals surface area contributed by atoms with Crippen molar-refractivity contribution in [1.29, 1.82) is 0 Å². The molecule has 1 saturated heterocycles. The van der Waals surface area contributed by atoms with Crippen LogP contribution in [0, 0.1) is 6.92 Å². The van der Waals surface area contributed by atoms with E-state index >= 15 is 0 Å². The number of anilines is 1. The largest absolute Gasteiger partial charge is 0.370 e. The highest BCUT2D eigenvalue weighted by atomic mass is 32.1. The fourth-order valence-corrected chi connectivity index (χ4v) is 3.97. The van der Waals surface area contributed by atoms with Crippen LogP contribution in [0.25, 0.3) is 10.9 Å². The summed E-state index contributed by atoms with van der Waals surface area (Å²) in [6, 6.07) is 6.54. The Morgan fingerprint density at radius 3 is 3.10 bits per heavy atom. The van der Waals surface area contributed by atoms with Gasteiger partial charge in [0.1, 0.15) is 0 Å². The molecule has 0 aromatic carbocycles. The molecule has 3 aromatic rings. The molecule has 0 spiro atoms. The number of pyridine rings is 2. The Morgan fingerprint density at radius 2 is 2.24 bits per heavy atom. The van der Waals surface area contributed by atoms with Crippen molar-refractivity contribution in [2.75, 3.05) is 18.0 Å². The molecule has 106 valence electrons. The van der Waals surface area contributed by atoms with Crippen LogP contribution in [0.4, 0.5) is 5.69 Å². The van der Waals surface area contributed by atoms with Gasteiger partial charge in [0.05, 0.1) is 11.7 Å². The molecule has 0 saturated carbocycles. The Bertz CT molecular complexity index is 775. The molecule has 21 heavy (non-hydrogen) atoms. The van der Waals surface area contributed by atoms with Crippen LogP contribution in [-0.4, -0.2) is 23.1 Å². The molecule has 0 aliphatic carbocycles. The molecule has 0 radical (unpaired) electrons. The Kier molecular flexibility index (Phi) is 3.11. The second-order valence-corrected chi connectivity index (χ2v) is 6.76. The standard InChI is InChI=1S/C17H17N3S/c1-12-8-14(11-21-12)13-4-7-20(10-13)17-3-6-19-16-9-18-5-2-15(16)17/h2-3,5-6,8-9,11,13H,4,7,10H2,1H3. The molecule has 1 fully saturated rings. The summed E-state index contributed by atoms with van der Waals surface area (Å²) in [5, 5.41) is 3.52. The van der Waals surface area contributed by atoms with Crippen molar-refractivity contribution in [3.63, 3.8) is 0 Å². The van der Waals surface area contributed by atoms with Crippen LogP contribution >= 0.6 is 11.3 Å². The maximum absolute atomic E-state index is 4.41. The van der Waals surface area contributed by atoms with Gasteiger partial charge in [-0.3, -0.25) is 9.97 Å². The fraction of sp³-hybridized carbons (Fsp3) is 0.294. The molecule has 0 bridgehead atoms. The summed E-state index contributed by atoms with van der Waals surface area (Å²) in [6.07, 6.45) is 6.81. The Morgan fingerprint density at radius 1 is 1.29 bits per heavy atom. The third-order valence-corrected chi connectivity index (χ3v) is 5.15. The lowest BCUT2D eigenvalue weighted by Crippen LogP contribution is -2.19. The van der Waals surface area contributed by atoms with E-state index < -0.39 is 0 Å². The average Bonchev–Trinajstić information content (AvgIpc) is 3.15. The number of fused-ring (bicyclic) bond motifs is 1. The normalized spacial score (nSPS) is 18.5. The van der Waals surface area contributed by atoms with Gasteiger partial charge in [0.2, 0.25) is 0 Å². The van der Waals surface area contributed by atoms with Crippen molar-refractivity contribution in [1.82, 2.24) is 9.97 Å². The van der Waals surface area contributed by atoms with Gasteiger partial charge in [0, 0.05) is 47.4 Å². The summed E-state index contributed by atoms with van der Waals surface area (Å²) in [7, 11) is 0. The highest BCUT2D eigenvalue weighted by Crippen LogP contribution is 2.35. The van der Waals surface area contributed by atoms with Gasteiger partial charge in [0.25, 0.3) is 0 Å². The van der Waals surface area contributed by atoms with Gasteiger partial charge in [-0.05, 0) is 42.5 Å². The summed E-state index contributed by atoms with van der Waals surface area (Å²) in [6.45, 7) is 4.39. The topological polar surface area (TPSA) is 29.0 Å². The summed E-state index contributed by atoms with van der Waals surface area (Å²) in [5.74, 6) is 0.653. The zero-order valence-corrected chi connectivity index (χ0v) is 12.8. The lowest BCUT2D eigenvalue weighted by Gasteiger charge is -2.20. The van der Waals surface area contributed by atoms with Crippen molar-refractivity contribution >= 4 is 27.9 Å². The van der Waals surface area contributed by atoms with Crippen molar-refractivity contribution < 1.29 is 0 Å². The lowest BCUT2D eigenvalue weighted by molar-refractivity contribution is 0.778. The second kappa shape index (κ2) is 5.11. The van der Waals surface area contributed by atoms with E-state index in [4.69, 9.17) is 0 Å². The minimum atomic E-state index is 0.653. The molecule has 0 amide bonds. The smallest absolute Gasteiger partial charge is 0.0905 e. The van der Waals surface area contributed by atoms with Gasteiger partial charge >= 0.3 is 0 Å².